The van der Waals surface area contributed by atoms with E-state index in [0.717, 1.165) is 18.8 Å². The topological polar surface area (TPSA) is 65.9 Å². The number of nitrogens with zero attached hydrogens (tertiary/aromatic N) is 3. The molecular weight excluding hydrogens is 464 g/mol. The number of ether oxygens (including phenoxy) is 1. The van der Waals surface area contributed by atoms with E-state index in [1.54, 1.807) is 0 Å². The SMILES string of the molecule is CCCCCCCCCCN(C)CC1CC1.O=C(O)c1ccc(N2CC(F)(F)C2)c(OCC2CC2)n1. The number of hydrogen-bond donors (Lipinski definition) is 1. The number of unbranched alkanes of at least 4 members (excludes halogenated alkanes) is 7. The van der Waals surface area contributed by atoms with Crippen LogP contribution in [0.1, 0.15) is 94.5 Å². The summed E-state index contributed by atoms with van der Waals surface area (Å²) >= 11 is 0. The molecule has 6 nitrogen and oxygen atoms in total. The van der Waals surface area contributed by atoms with Crippen molar-refractivity contribution in [3.05, 3.63) is 17.8 Å². The number of anilines is 1. The lowest BCUT2D eigenvalue weighted by atomic mass is 10.1. The molecule has 1 N–H and O–H groups in total. The van der Waals surface area contributed by atoms with E-state index in [4.69, 9.17) is 9.84 Å². The maximum Gasteiger partial charge on any atom is 0.354 e. The van der Waals surface area contributed by atoms with E-state index in [1.165, 1.54) is 94.3 Å². The number of carbonyl (C=O) groups is 1. The Morgan fingerprint density at radius 1 is 1.06 bits per heavy atom. The number of carboxylic acids is 1. The van der Waals surface area contributed by atoms with Gasteiger partial charge in [0.15, 0.2) is 5.69 Å². The number of carboxylic acid groups (broad SMARTS) is 1. The van der Waals surface area contributed by atoms with Crippen LogP contribution in [0.15, 0.2) is 12.1 Å². The van der Waals surface area contributed by atoms with Crippen molar-refractivity contribution in [3.63, 3.8) is 0 Å². The second-order valence-corrected chi connectivity index (χ2v) is 11.0. The molecule has 0 amide bonds. The number of hydrogen-bond acceptors (Lipinski definition) is 5. The highest BCUT2D eigenvalue weighted by atomic mass is 19.3. The molecule has 0 atom stereocenters. The summed E-state index contributed by atoms with van der Waals surface area (Å²) < 4.78 is 31.4. The molecule has 0 unspecified atom stereocenters. The Labute approximate surface area is 215 Å². The van der Waals surface area contributed by atoms with Gasteiger partial charge in [0.1, 0.15) is 5.69 Å². The minimum atomic E-state index is -2.70. The first-order chi connectivity index (χ1) is 17.3. The minimum Gasteiger partial charge on any atom is -0.477 e. The number of pyridine rings is 1. The standard InChI is InChI=1S/C15H31N.C13H14F2N2O3/c1-3-4-5-6-7-8-9-10-13-16(2)14-15-11-12-15;14-13(15)6-17(7-13)10-4-3-9(12(18)19)16-11(10)20-5-8-1-2-8/h15H,3-14H2,1-2H3;3-4,8H,1-2,5-7H2,(H,18,19). The lowest BCUT2D eigenvalue weighted by Crippen LogP contribution is -2.56. The lowest BCUT2D eigenvalue weighted by Gasteiger charge is -2.40. The quantitative estimate of drug-likeness (QED) is 0.257. The maximum absolute atomic E-state index is 12.9. The van der Waals surface area contributed by atoms with Crippen molar-refractivity contribution in [1.82, 2.24) is 9.88 Å². The number of alkyl halides is 2. The predicted molar refractivity (Wildman–Crippen MR) is 139 cm³/mol. The number of rotatable bonds is 16. The molecule has 1 aromatic rings. The molecule has 1 saturated heterocycles. The summed E-state index contributed by atoms with van der Waals surface area (Å²) in [7, 11) is 2.29. The molecule has 0 spiro atoms. The van der Waals surface area contributed by atoms with E-state index >= 15 is 0 Å². The molecule has 0 bridgehead atoms. The van der Waals surface area contributed by atoms with Crippen LogP contribution < -0.4 is 9.64 Å². The van der Waals surface area contributed by atoms with E-state index in [0.29, 0.717) is 18.2 Å². The van der Waals surface area contributed by atoms with Crippen molar-refractivity contribution < 1.29 is 23.4 Å². The highest BCUT2D eigenvalue weighted by Gasteiger charge is 2.45. The second-order valence-electron chi connectivity index (χ2n) is 11.0. The van der Waals surface area contributed by atoms with Gasteiger partial charge < -0.3 is 19.6 Å². The molecule has 2 aliphatic carbocycles. The Balaban J connectivity index is 0.000000207. The molecule has 2 heterocycles. The second kappa shape index (κ2) is 14.1. The van der Waals surface area contributed by atoms with Crippen molar-refractivity contribution in [3.8, 4) is 5.88 Å². The molecule has 1 aliphatic heterocycles. The maximum atomic E-state index is 12.9. The molecule has 8 heteroatoms. The monoisotopic (exact) mass is 509 g/mol. The number of aromatic carboxylic acids is 1. The zero-order valence-corrected chi connectivity index (χ0v) is 22.2. The Bertz CT molecular complexity index is 807. The molecule has 3 aliphatic rings. The van der Waals surface area contributed by atoms with Crippen molar-refractivity contribution in [2.45, 2.75) is 89.9 Å². The molecule has 204 valence electrons. The molecule has 4 rings (SSSR count). The summed E-state index contributed by atoms with van der Waals surface area (Å²) in [6.07, 6.45) is 16.6. The summed E-state index contributed by atoms with van der Waals surface area (Å²) in [6, 6.07) is 2.78. The van der Waals surface area contributed by atoms with Crippen molar-refractivity contribution in [2.24, 2.45) is 11.8 Å². The van der Waals surface area contributed by atoms with Crippen LogP contribution in [0.3, 0.4) is 0 Å². The average Bonchev–Trinajstić information content (AvgIpc) is 3.74. The smallest absolute Gasteiger partial charge is 0.354 e. The minimum absolute atomic E-state index is 0.132. The fourth-order valence-electron chi connectivity index (χ4n) is 4.41. The van der Waals surface area contributed by atoms with Crippen molar-refractivity contribution in [2.75, 3.05) is 44.7 Å². The summed E-state index contributed by atoms with van der Waals surface area (Å²) in [4.78, 5) is 18.8. The van der Waals surface area contributed by atoms with Crippen LogP contribution in [0.4, 0.5) is 14.5 Å². The first-order valence-corrected chi connectivity index (χ1v) is 14.0. The van der Waals surface area contributed by atoms with Gasteiger partial charge in [0.2, 0.25) is 5.88 Å². The van der Waals surface area contributed by atoms with Gasteiger partial charge in [-0.2, -0.15) is 0 Å². The Kier molecular flexibility index (Phi) is 11.2. The van der Waals surface area contributed by atoms with E-state index in [-0.39, 0.29) is 24.7 Å². The predicted octanol–water partition coefficient (Wildman–Crippen LogP) is 6.49. The number of aromatic nitrogens is 1. The highest BCUT2D eigenvalue weighted by Crippen LogP contribution is 2.38. The van der Waals surface area contributed by atoms with Crippen LogP contribution in [0.5, 0.6) is 5.88 Å². The first kappa shape index (κ1) is 28.6. The normalized spacial score (nSPS) is 18.4. The molecule has 0 radical (unpaired) electrons. The largest absolute Gasteiger partial charge is 0.477 e. The zero-order valence-electron chi connectivity index (χ0n) is 22.2. The average molecular weight is 510 g/mol. The molecule has 3 fully saturated rings. The third-order valence-electron chi connectivity index (χ3n) is 7.06. The summed E-state index contributed by atoms with van der Waals surface area (Å²) in [5, 5.41) is 8.93. The van der Waals surface area contributed by atoms with Crippen LogP contribution in [-0.2, 0) is 0 Å². The van der Waals surface area contributed by atoms with Crippen molar-refractivity contribution in [1.29, 1.82) is 0 Å². The molecule has 36 heavy (non-hydrogen) atoms. The van der Waals surface area contributed by atoms with Gasteiger partial charge in [0.05, 0.1) is 19.7 Å². The van der Waals surface area contributed by atoms with Gasteiger partial charge in [0, 0.05) is 6.54 Å². The number of halogens is 2. The molecule has 0 aromatic carbocycles. The Morgan fingerprint density at radius 2 is 1.67 bits per heavy atom. The van der Waals surface area contributed by atoms with Gasteiger partial charge in [0.25, 0.3) is 5.92 Å². The van der Waals surface area contributed by atoms with E-state index in [2.05, 4.69) is 23.9 Å². The lowest BCUT2D eigenvalue weighted by molar-refractivity contribution is -0.0265. The summed E-state index contributed by atoms with van der Waals surface area (Å²) in [6.45, 7) is 4.65. The van der Waals surface area contributed by atoms with Crippen LogP contribution in [0, 0.1) is 11.8 Å². The third-order valence-corrected chi connectivity index (χ3v) is 7.06. The van der Waals surface area contributed by atoms with E-state index in [9.17, 15) is 13.6 Å². The molecule has 1 aromatic heterocycles. The highest BCUT2D eigenvalue weighted by molar-refractivity contribution is 5.86. The summed E-state index contributed by atoms with van der Waals surface area (Å²) in [5.74, 6) is -2.21. The Hall–Kier alpha value is -1.96. The summed E-state index contributed by atoms with van der Waals surface area (Å²) in [5.41, 5.74) is 0.286. The van der Waals surface area contributed by atoms with Gasteiger partial charge in [-0.05, 0) is 69.7 Å². The van der Waals surface area contributed by atoms with Crippen LogP contribution in [0.2, 0.25) is 0 Å². The van der Waals surface area contributed by atoms with Gasteiger partial charge in [-0.15, -0.1) is 0 Å². The van der Waals surface area contributed by atoms with Crippen molar-refractivity contribution >= 4 is 11.7 Å². The van der Waals surface area contributed by atoms with Gasteiger partial charge in [-0.1, -0.05) is 51.9 Å². The third kappa shape index (κ3) is 10.6. The molecular formula is C28H45F2N3O3. The fourth-order valence-corrected chi connectivity index (χ4v) is 4.41. The van der Waals surface area contributed by atoms with Crippen LogP contribution in [-0.4, -0.2) is 66.7 Å². The Morgan fingerprint density at radius 3 is 2.22 bits per heavy atom. The van der Waals surface area contributed by atoms with Gasteiger partial charge in [-0.25, -0.2) is 18.6 Å². The van der Waals surface area contributed by atoms with Gasteiger partial charge >= 0.3 is 5.97 Å². The van der Waals surface area contributed by atoms with E-state index < -0.39 is 11.9 Å². The molecule has 2 saturated carbocycles. The van der Waals surface area contributed by atoms with Crippen LogP contribution >= 0.6 is 0 Å². The first-order valence-electron chi connectivity index (χ1n) is 14.0. The van der Waals surface area contributed by atoms with Crippen LogP contribution in [0.25, 0.3) is 0 Å². The zero-order chi connectivity index (χ0) is 26.0. The fraction of sp³-hybridized carbons (Fsp3) is 0.786. The van der Waals surface area contributed by atoms with Gasteiger partial charge in [-0.3, -0.25) is 0 Å². The van der Waals surface area contributed by atoms with E-state index in [1.807, 2.05) is 0 Å².